The molecule has 25 nitrogen and oxygen atoms in total. The summed E-state index contributed by atoms with van der Waals surface area (Å²) in [6, 6.07) is 7.24. The van der Waals surface area contributed by atoms with Crippen molar-refractivity contribution in [3.8, 4) is 0 Å². The number of thioether (sulfide) groups is 1. The molecule has 18 N–H and O–H groups in total. The van der Waals surface area contributed by atoms with Crippen molar-refractivity contribution in [1.82, 2.24) is 41.8 Å². The van der Waals surface area contributed by atoms with E-state index in [0.29, 0.717) is 56.4 Å². The minimum atomic E-state index is -1.68. The van der Waals surface area contributed by atoms with Gasteiger partial charge in [0.2, 0.25) is 41.4 Å². The number of carbonyl (C=O) groups excluding carboxylic acids is 7. The fourth-order valence-corrected chi connectivity index (χ4v) is 9.57. The second kappa shape index (κ2) is 33.5. The third-order valence-corrected chi connectivity index (χ3v) is 13.9. The molecule has 7 atom stereocenters. The van der Waals surface area contributed by atoms with Crippen LogP contribution in [0.4, 0.5) is 0 Å². The Hall–Kier alpha value is -7.58. The number of carboxylic acids is 1. The molecule has 1 aromatic heterocycles. The number of nitrogens with one attached hydrogen (secondary N) is 6. The van der Waals surface area contributed by atoms with Crippen molar-refractivity contribution >= 4 is 81.8 Å². The van der Waals surface area contributed by atoms with Crippen molar-refractivity contribution in [2.75, 3.05) is 38.5 Å². The Bertz CT molecular complexity index is 2530. The average molecular weight is 1100 g/mol. The summed E-state index contributed by atoms with van der Waals surface area (Å²) >= 11 is 1.62. The van der Waals surface area contributed by atoms with Crippen LogP contribution in [0, 0.1) is 0 Å². The zero-order valence-corrected chi connectivity index (χ0v) is 44.9. The SMILES string of the molecule is CCCC[C@H](NC(=O)[C@H](CCCN=C(N)N)NC(=O)[C@@H]1CCCN1C(=O)[C@@H](N)CCCN=C(N)N)C(=O)N[C@@H](CCC(=O)NCCCSc1cccc2cnccc12)C(=O)N[C@@H](CO)C(=O)N[C@@H](Cc1ccccc1)C(=O)O. The molecule has 4 rings (SSSR count). The van der Waals surface area contributed by atoms with E-state index in [1.807, 2.05) is 31.2 Å². The summed E-state index contributed by atoms with van der Waals surface area (Å²) in [6.45, 7) is 1.79. The van der Waals surface area contributed by atoms with E-state index in [9.17, 15) is 48.6 Å². The topological polar surface area (TPSA) is 420 Å². The second-order valence-corrected chi connectivity index (χ2v) is 19.9. The van der Waals surface area contributed by atoms with Crippen LogP contribution in [0.1, 0.15) is 89.5 Å². The lowest BCUT2D eigenvalue weighted by molar-refractivity contribution is -0.142. The first-order valence-corrected chi connectivity index (χ1v) is 27.2. The van der Waals surface area contributed by atoms with Crippen LogP contribution < -0.4 is 60.6 Å². The third kappa shape index (κ3) is 21.4. The number of benzene rings is 2. The molecular weight excluding hydrogens is 1030 g/mol. The van der Waals surface area contributed by atoms with Crippen LogP contribution in [-0.4, -0.2) is 160 Å². The maximum absolute atomic E-state index is 14.4. The fourth-order valence-electron chi connectivity index (χ4n) is 8.54. The van der Waals surface area contributed by atoms with E-state index in [-0.39, 0.29) is 76.5 Å². The average Bonchev–Trinajstić information content (AvgIpc) is 3.92. The number of pyridine rings is 1. The van der Waals surface area contributed by atoms with Gasteiger partial charge in [0.1, 0.15) is 36.3 Å². The number of aliphatic hydroxyl groups excluding tert-OH is 1. The Morgan fingerprint density at radius 1 is 0.731 bits per heavy atom. The van der Waals surface area contributed by atoms with E-state index in [1.54, 1.807) is 54.5 Å². The van der Waals surface area contributed by atoms with Gasteiger partial charge in [-0.2, -0.15) is 0 Å². The summed E-state index contributed by atoms with van der Waals surface area (Å²) in [5.41, 5.74) is 28.7. The zero-order valence-electron chi connectivity index (χ0n) is 44.1. The predicted octanol–water partition coefficient (Wildman–Crippen LogP) is -1.03. The van der Waals surface area contributed by atoms with E-state index in [1.165, 1.54) is 4.90 Å². The van der Waals surface area contributed by atoms with Crippen LogP contribution >= 0.6 is 11.8 Å². The summed E-state index contributed by atoms with van der Waals surface area (Å²) < 4.78 is 0. The Kier molecular flexibility index (Phi) is 27.1. The van der Waals surface area contributed by atoms with Gasteiger partial charge in [0.15, 0.2) is 11.9 Å². The standard InChI is InChI=1S/C52H77N15O10S/c1-2-3-16-36(62-45(71)37(17-9-24-61-52(56)57)64-48(74)41-18-10-27-67(41)49(75)35(53)15-8-23-60-51(54)55)44(70)63-38(20-21-43(69)59-25-11-28-78-42-19-7-14-33-30-58-26-22-34(33)42)46(72)66-40(31-68)47(73)65-39(50(76)77)29-32-12-5-4-6-13-32/h4-7,12-14,19,22,26,30,35-41,68H,2-3,8-11,15-18,20-21,23-25,27-29,31,53H2,1H3,(H,59,69)(H,62,71)(H,63,70)(H,64,74)(H,65,73)(H,66,72)(H,76,77)(H4,54,55,60)(H4,56,57,61)/t35-,36-,37-,38-,39-,40-,41-/m0/s1. The number of nitrogens with zero attached hydrogens (tertiary/aromatic N) is 4. The highest BCUT2D eigenvalue weighted by Gasteiger charge is 2.38. The van der Waals surface area contributed by atoms with Crippen molar-refractivity contribution in [3.63, 3.8) is 0 Å². The van der Waals surface area contributed by atoms with E-state index in [4.69, 9.17) is 28.7 Å². The normalized spacial score (nSPS) is 15.3. The molecule has 0 bridgehead atoms. The summed E-state index contributed by atoms with van der Waals surface area (Å²) in [5.74, 6) is -6.14. The smallest absolute Gasteiger partial charge is 0.326 e. The van der Waals surface area contributed by atoms with Crippen molar-refractivity contribution in [2.24, 2.45) is 38.7 Å². The molecule has 426 valence electrons. The molecule has 0 radical (unpaired) electrons. The zero-order chi connectivity index (χ0) is 57.0. The molecule has 7 amide bonds. The molecule has 0 unspecified atom stereocenters. The number of rotatable bonds is 34. The van der Waals surface area contributed by atoms with Crippen molar-refractivity contribution in [2.45, 2.75) is 138 Å². The number of aliphatic hydroxyl groups is 1. The largest absolute Gasteiger partial charge is 0.480 e. The minimum absolute atomic E-state index is 0.000152. The van der Waals surface area contributed by atoms with Gasteiger partial charge in [0, 0.05) is 61.7 Å². The first-order chi connectivity index (χ1) is 37.4. The van der Waals surface area contributed by atoms with Gasteiger partial charge in [0.05, 0.1) is 12.6 Å². The van der Waals surface area contributed by atoms with Crippen LogP contribution in [0.25, 0.3) is 10.8 Å². The molecule has 1 aliphatic heterocycles. The summed E-state index contributed by atoms with van der Waals surface area (Å²) in [5, 5.41) is 38.0. The van der Waals surface area contributed by atoms with Gasteiger partial charge in [-0.15, -0.1) is 11.8 Å². The molecule has 1 fully saturated rings. The maximum atomic E-state index is 14.4. The van der Waals surface area contributed by atoms with Gasteiger partial charge >= 0.3 is 5.97 Å². The molecular formula is C52H77N15O10S. The highest BCUT2D eigenvalue weighted by atomic mass is 32.2. The van der Waals surface area contributed by atoms with Gasteiger partial charge in [-0.25, -0.2) is 4.79 Å². The van der Waals surface area contributed by atoms with Crippen LogP contribution in [-0.2, 0) is 44.8 Å². The lowest BCUT2D eigenvalue weighted by Gasteiger charge is -2.29. The van der Waals surface area contributed by atoms with Gasteiger partial charge < -0.3 is 75.7 Å². The van der Waals surface area contributed by atoms with E-state index < -0.39 is 96.2 Å². The first-order valence-electron chi connectivity index (χ1n) is 26.2. The first kappa shape index (κ1) is 63.0. The number of aliphatic carboxylic acids is 1. The molecule has 1 aliphatic rings. The number of nitrogens with two attached hydrogens (primary N) is 5. The second-order valence-electron chi connectivity index (χ2n) is 18.8. The van der Waals surface area contributed by atoms with Gasteiger partial charge in [-0.3, -0.25) is 48.5 Å². The van der Waals surface area contributed by atoms with E-state index >= 15 is 0 Å². The number of unbranched alkanes of at least 4 members (excludes halogenated alkanes) is 1. The molecule has 3 aromatic rings. The molecule has 0 saturated carbocycles. The summed E-state index contributed by atoms with van der Waals surface area (Å²) in [6.07, 6.45) is 6.13. The van der Waals surface area contributed by atoms with Crippen molar-refractivity contribution in [3.05, 3.63) is 72.6 Å². The van der Waals surface area contributed by atoms with Crippen LogP contribution in [0.15, 0.2) is 81.9 Å². The molecule has 26 heteroatoms. The number of likely N-dealkylation sites (tertiary alicyclic amines) is 1. The Morgan fingerprint density at radius 2 is 1.33 bits per heavy atom. The number of aliphatic imine (C=N–C) groups is 2. The number of aromatic nitrogens is 1. The Morgan fingerprint density at radius 3 is 1.97 bits per heavy atom. The Labute approximate surface area is 457 Å². The van der Waals surface area contributed by atoms with E-state index in [2.05, 4.69) is 46.9 Å². The number of carboxylic acid groups (broad SMARTS) is 1. The molecule has 2 aromatic carbocycles. The highest BCUT2D eigenvalue weighted by molar-refractivity contribution is 7.99. The van der Waals surface area contributed by atoms with E-state index in [0.717, 1.165) is 15.7 Å². The number of carbonyl (C=O) groups is 8. The lowest BCUT2D eigenvalue weighted by atomic mass is 10.0. The molecule has 2 heterocycles. The fraction of sp³-hybridized carbons (Fsp3) is 0.519. The summed E-state index contributed by atoms with van der Waals surface area (Å²) in [4.78, 5) is 124. The van der Waals surface area contributed by atoms with Gasteiger partial charge in [-0.05, 0) is 86.6 Å². The molecule has 78 heavy (non-hydrogen) atoms. The highest BCUT2D eigenvalue weighted by Crippen LogP contribution is 2.27. The van der Waals surface area contributed by atoms with Crippen LogP contribution in [0.5, 0.6) is 0 Å². The number of hydrogen-bond acceptors (Lipinski definition) is 14. The molecule has 0 spiro atoms. The number of fused-ring (bicyclic) bond motifs is 1. The summed E-state index contributed by atoms with van der Waals surface area (Å²) in [7, 11) is 0. The number of guanidine groups is 2. The quantitative estimate of drug-likeness (QED) is 0.0147. The van der Waals surface area contributed by atoms with Gasteiger partial charge in [-0.1, -0.05) is 62.2 Å². The van der Waals surface area contributed by atoms with Gasteiger partial charge in [0.25, 0.3) is 0 Å². The molecule has 1 saturated heterocycles. The maximum Gasteiger partial charge on any atom is 0.326 e. The monoisotopic (exact) mass is 1100 g/mol. The van der Waals surface area contributed by atoms with Crippen molar-refractivity contribution < 1.29 is 48.6 Å². The minimum Gasteiger partial charge on any atom is -0.480 e. The van der Waals surface area contributed by atoms with Crippen LogP contribution in [0.3, 0.4) is 0 Å². The molecule has 0 aliphatic carbocycles. The van der Waals surface area contributed by atoms with Crippen molar-refractivity contribution in [1.29, 1.82) is 0 Å². The number of amides is 7. The lowest BCUT2D eigenvalue weighted by Crippen LogP contribution is -2.60. The predicted molar refractivity (Wildman–Crippen MR) is 296 cm³/mol. The number of hydrogen-bond donors (Lipinski definition) is 13. The van der Waals surface area contributed by atoms with Crippen LogP contribution in [0.2, 0.25) is 0 Å². The third-order valence-electron chi connectivity index (χ3n) is 12.7. The Balaban J connectivity index is 1.50.